The van der Waals surface area contributed by atoms with Crippen molar-refractivity contribution in [2.45, 2.75) is 56.3 Å². The minimum atomic E-state index is -1.63. The second-order valence-corrected chi connectivity index (χ2v) is 7.36. The maximum absolute atomic E-state index is 12.7. The van der Waals surface area contributed by atoms with E-state index >= 15 is 0 Å². The SMILES string of the molecule is NC(=O)CCC(NC(=O)C(CC(N)=O)NC(=O)C(CCC(N)=O)NC(=O)C(N)CS)C(=O)O. The molecule has 0 aromatic rings. The molecule has 4 atom stereocenters. The van der Waals surface area contributed by atoms with Crippen LogP contribution in [0.3, 0.4) is 0 Å². The number of thiol groups is 1. The lowest BCUT2D eigenvalue weighted by Crippen LogP contribution is -2.58. The van der Waals surface area contributed by atoms with Gasteiger partial charge in [0, 0.05) is 18.6 Å². The van der Waals surface area contributed by atoms with Crippen LogP contribution in [-0.4, -0.2) is 76.4 Å². The van der Waals surface area contributed by atoms with Crippen LogP contribution in [0.1, 0.15) is 32.1 Å². The van der Waals surface area contributed by atoms with E-state index in [1.165, 1.54) is 0 Å². The number of carbonyl (C=O) groups is 7. The Labute approximate surface area is 194 Å². The molecular formula is C17H29N7O8S. The van der Waals surface area contributed by atoms with Crippen molar-refractivity contribution < 1.29 is 38.7 Å². The van der Waals surface area contributed by atoms with Crippen molar-refractivity contribution in [1.82, 2.24) is 16.0 Å². The number of carboxylic acid groups (broad SMARTS) is 1. The molecule has 0 aliphatic carbocycles. The first-order valence-corrected chi connectivity index (χ1v) is 10.3. The van der Waals surface area contributed by atoms with E-state index in [1.807, 2.05) is 0 Å². The summed E-state index contributed by atoms with van der Waals surface area (Å²) in [4.78, 5) is 82.0. The number of aliphatic carboxylic acids is 1. The fourth-order valence-corrected chi connectivity index (χ4v) is 2.58. The van der Waals surface area contributed by atoms with Gasteiger partial charge in [-0.3, -0.25) is 28.8 Å². The zero-order chi connectivity index (χ0) is 25.7. The number of hydrogen-bond acceptors (Lipinski definition) is 9. The molecule has 186 valence electrons. The molecule has 0 radical (unpaired) electrons. The lowest BCUT2D eigenvalue weighted by atomic mass is 10.1. The first-order valence-electron chi connectivity index (χ1n) is 9.63. The molecule has 0 aliphatic rings. The van der Waals surface area contributed by atoms with E-state index in [1.54, 1.807) is 0 Å². The number of hydrogen-bond donors (Lipinski definition) is 9. The minimum Gasteiger partial charge on any atom is -0.480 e. The summed E-state index contributed by atoms with van der Waals surface area (Å²) in [5.41, 5.74) is 20.7. The summed E-state index contributed by atoms with van der Waals surface area (Å²) in [7, 11) is 0. The van der Waals surface area contributed by atoms with E-state index in [0.717, 1.165) is 0 Å². The van der Waals surface area contributed by atoms with Crippen molar-refractivity contribution in [3.8, 4) is 0 Å². The number of nitrogens with two attached hydrogens (primary N) is 4. The van der Waals surface area contributed by atoms with Crippen molar-refractivity contribution in [2.75, 3.05) is 5.75 Å². The van der Waals surface area contributed by atoms with Crippen LogP contribution in [0.2, 0.25) is 0 Å². The lowest BCUT2D eigenvalue weighted by molar-refractivity contribution is -0.142. The summed E-state index contributed by atoms with van der Waals surface area (Å²) in [5.74, 6) is -6.97. The Morgan fingerprint density at radius 3 is 1.55 bits per heavy atom. The van der Waals surface area contributed by atoms with Gasteiger partial charge >= 0.3 is 5.97 Å². The topological polar surface area (TPSA) is 280 Å². The highest BCUT2D eigenvalue weighted by atomic mass is 32.1. The molecular weight excluding hydrogens is 462 g/mol. The Morgan fingerprint density at radius 1 is 0.697 bits per heavy atom. The summed E-state index contributed by atoms with van der Waals surface area (Å²) in [5, 5.41) is 15.8. The van der Waals surface area contributed by atoms with Crippen LogP contribution in [-0.2, 0) is 33.6 Å². The maximum Gasteiger partial charge on any atom is 0.326 e. The number of primary amides is 3. The minimum absolute atomic E-state index is 0.0510. The van der Waals surface area contributed by atoms with Gasteiger partial charge in [0.25, 0.3) is 0 Å². The predicted octanol–water partition coefficient (Wildman–Crippen LogP) is -4.81. The second kappa shape index (κ2) is 14.6. The number of rotatable bonds is 16. The van der Waals surface area contributed by atoms with Gasteiger partial charge in [0.15, 0.2) is 0 Å². The van der Waals surface area contributed by atoms with Crippen molar-refractivity contribution >= 4 is 54.0 Å². The molecule has 0 rings (SSSR count). The molecule has 0 aliphatic heterocycles. The normalized spacial score (nSPS) is 14.1. The Hall–Kier alpha value is -3.40. The molecule has 0 aromatic carbocycles. The molecule has 16 heteroatoms. The lowest BCUT2D eigenvalue weighted by Gasteiger charge is -2.24. The number of carboxylic acids is 1. The van der Waals surface area contributed by atoms with Gasteiger partial charge in [-0.1, -0.05) is 0 Å². The summed E-state index contributed by atoms with van der Waals surface area (Å²) < 4.78 is 0. The van der Waals surface area contributed by atoms with Crippen LogP contribution in [0.25, 0.3) is 0 Å². The third-order valence-electron chi connectivity index (χ3n) is 4.18. The van der Waals surface area contributed by atoms with E-state index in [9.17, 15) is 38.7 Å². The van der Waals surface area contributed by atoms with E-state index < -0.39 is 72.0 Å². The summed E-state index contributed by atoms with van der Waals surface area (Å²) in [6.07, 6.45) is -1.97. The highest BCUT2D eigenvalue weighted by molar-refractivity contribution is 7.80. The van der Waals surface area contributed by atoms with Crippen molar-refractivity contribution in [3.63, 3.8) is 0 Å². The smallest absolute Gasteiger partial charge is 0.326 e. The van der Waals surface area contributed by atoms with Gasteiger partial charge in [-0.05, 0) is 12.8 Å². The van der Waals surface area contributed by atoms with Gasteiger partial charge < -0.3 is 44.0 Å². The van der Waals surface area contributed by atoms with E-state index in [4.69, 9.17) is 22.9 Å². The van der Waals surface area contributed by atoms with Gasteiger partial charge in [-0.2, -0.15) is 12.6 Å². The van der Waals surface area contributed by atoms with Crippen LogP contribution in [0.4, 0.5) is 0 Å². The highest BCUT2D eigenvalue weighted by Crippen LogP contribution is 2.04. The standard InChI is InChI=1S/C17H29N7O8S/c18-7(6-33)14(28)22-8(1-3-11(19)25)15(29)24-10(5-13(21)27)16(30)23-9(17(31)32)2-4-12(20)26/h7-10,33H,1-6,18H2,(H2,19,25)(H2,20,26)(H2,21,27)(H,22,28)(H,23,30)(H,24,29)(H,31,32). The first kappa shape index (κ1) is 29.6. The summed E-state index contributed by atoms with van der Waals surface area (Å²) in [6, 6.07) is -5.62. The molecule has 12 N–H and O–H groups in total. The monoisotopic (exact) mass is 491 g/mol. The second-order valence-electron chi connectivity index (χ2n) is 6.99. The zero-order valence-corrected chi connectivity index (χ0v) is 18.5. The first-order chi connectivity index (χ1) is 15.3. The molecule has 6 amide bonds. The van der Waals surface area contributed by atoms with Crippen LogP contribution in [0, 0.1) is 0 Å². The van der Waals surface area contributed by atoms with Gasteiger partial charge in [-0.25, -0.2) is 4.79 Å². The van der Waals surface area contributed by atoms with Gasteiger partial charge in [0.1, 0.15) is 18.1 Å². The number of carbonyl (C=O) groups excluding carboxylic acids is 6. The molecule has 0 heterocycles. The van der Waals surface area contributed by atoms with Crippen molar-refractivity contribution in [3.05, 3.63) is 0 Å². The Morgan fingerprint density at radius 2 is 1.12 bits per heavy atom. The molecule has 33 heavy (non-hydrogen) atoms. The molecule has 0 fully saturated rings. The Balaban J connectivity index is 5.53. The third-order valence-corrected chi connectivity index (χ3v) is 4.57. The highest BCUT2D eigenvalue weighted by Gasteiger charge is 2.31. The van der Waals surface area contributed by atoms with Crippen LogP contribution >= 0.6 is 12.6 Å². The summed E-state index contributed by atoms with van der Waals surface area (Å²) in [6.45, 7) is 0. The number of nitrogens with one attached hydrogen (secondary N) is 3. The fraction of sp³-hybridized carbons (Fsp3) is 0.588. The van der Waals surface area contributed by atoms with Crippen molar-refractivity contribution in [2.24, 2.45) is 22.9 Å². The quantitative estimate of drug-likeness (QED) is 0.0935. The number of amides is 6. The molecule has 4 unspecified atom stereocenters. The van der Waals surface area contributed by atoms with Gasteiger partial charge in [0.05, 0.1) is 12.5 Å². The third kappa shape index (κ3) is 12.3. The van der Waals surface area contributed by atoms with E-state index in [2.05, 4.69) is 28.6 Å². The maximum atomic E-state index is 12.7. The Kier molecular flexibility index (Phi) is 13.1. The molecule has 15 nitrogen and oxygen atoms in total. The van der Waals surface area contributed by atoms with E-state index in [0.29, 0.717) is 0 Å². The molecule has 0 aromatic heterocycles. The molecule has 0 saturated carbocycles. The molecule has 0 saturated heterocycles. The Bertz CT molecular complexity index is 778. The summed E-state index contributed by atoms with van der Waals surface area (Å²) >= 11 is 3.87. The average molecular weight is 492 g/mol. The van der Waals surface area contributed by atoms with Crippen LogP contribution < -0.4 is 38.9 Å². The molecule has 0 spiro atoms. The van der Waals surface area contributed by atoms with Crippen LogP contribution in [0.5, 0.6) is 0 Å². The molecule has 0 bridgehead atoms. The van der Waals surface area contributed by atoms with Gasteiger partial charge in [0.2, 0.25) is 35.4 Å². The average Bonchev–Trinajstić information content (AvgIpc) is 2.71. The fourth-order valence-electron chi connectivity index (χ4n) is 2.42. The van der Waals surface area contributed by atoms with Crippen molar-refractivity contribution in [1.29, 1.82) is 0 Å². The predicted molar refractivity (Wildman–Crippen MR) is 116 cm³/mol. The largest absolute Gasteiger partial charge is 0.480 e. The zero-order valence-electron chi connectivity index (χ0n) is 17.6. The van der Waals surface area contributed by atoms with E-state index in [-0.39, 0.29) is 31.4 Å². The van der Waals surface area contributed by atoms with Crippen LogP contribution in [0.15, 0.2) is 0 Å². The van der Waals surface area contributed by atoms with Gasteiger partial charge in [-0.15, -0.1) is 0 Å².